The van der Waals surface area contributed by atoms with Crippen molar-refractivity contribution in [1.82, 2.24) is 10.2 Å². The molecular weight excluding hydrogens is 262 g/mol. The van der Waals surface area contributed by atoms with Crippen LogP contribution >= 0.6 is 0 Å². The van der Waals surface area contributed by atoms with Crippen LogP contribution in [-0.2, 0) is 0 Å². The van der Waals surface area contributed by atoms with E-state index in [0.717, 1.165) is 37.7 Å². The molecule has 0 bridgehead atoms. The third-order valence-electron chi connectivity index (χ3n) is 4.21. The fourth-order valence-corrected chi connectivity index (χ4v) is 2.84. The molecule has 3 rings (SSSR count). The van der Waals surface area contributed by atoms with Crippen LogP contribution in [0, 0.1) is 11.6 Å². The molecule has 1 saturated heterocycles. The molecule has 1 aliphatic heterocycles. The lowest BCUT2D eigenvalue weighted by atomic mass is 10.1. The lowest BCUT2D eigenvalue weighted by Crippen LogP contribution is -2.35. The molecule has 110 valence electrons. The first kappa shape index (κ1) is 13.9. The maximum atomic E-state index is 13.1. The van der Waals surface area contributed by atoms with Gasteiger partial charge in [0.2, 0.25) is 0 Å². The second-order valence-corrected chi connectivity index (χ2v) is 5.81. The van der Waals surface area contributed by atoms with Gasteiger partial charge in [-0.3, -0.25) is 4.90 Å². The van der Waals surface area contributed by atoms with Crippen LogP contribution in [0.4, 0.5) is 8.78 Å². The summed E-state index contributed by atoms with van der Waals surface area (Å²) >= 11 is 0. The van der Waals surface area contributed by atoms with Crippen molar-refractivity contribution in [2.24, 2.45) is 0 Å². The molecule has 20 heavy (non-hydrogen) atoms. The molecule has 2 N–H and O–H groups in total. The number of aliphatic hydroxyl groups is 1. The van der Waals surface area contributed by atoms with E-state index in [1.54, 1.807) is 0 Å². The molecule has 1 aromatic rings. The van der Waals surface area contributed by atoms with Gasteiger partial charge in [-0.1, -0.05) is 6.07 Å². The highest BCUT2D eigenvalue weighted by Crippen LogP contribution is 2.29. The molecule has 2 fully saturated rings. The first-order chi connectivity index (χ1) is 9.63. The Kier molecular flexibility index (Phi) is 4.01. The number of halogens is 2. The van der Waals surface area contributed by atoms with Gasteiger partial charge in [0.15, 0.2) is 11.6 Å². The van der Waals surface area contributed by atoms with E-state index in [2.05, 4.69) is 10.2 Å². The zero-order chi connectivity index (χ0) is 14.1. The minimum atomic E-state index is -0.915. The zero-order valence-electron chi connectivity index (χ0n) is 11.4. The molecule has 0 aromatic heterocycles. The van der Waals surface area contributed by atoms with Crippen molar-refractivity contribution in [2.75, 3.05) is 19.6 Å². The lowest BCUT2D eigenvalue weighted by molar-refractivity contribution is 0.169. The molecular formula is C15H20F2N2O. The summed E-state index contributed by atoms with van der Waals surface area (Å²) in [6, 6.07) is 4.70. The average molecular weight is 282 g/mol. The Morgan fingerprint density at radius 3 is 2.75 bits per heavy atom. The lowest BCUT2D eigenvalue weighted by Gasteiger charge is -2.18. The van der Waals surface area contributed by atoms with E-state index >= 15 is 0 Å². The molecule has 2 atom stereocenters. The smallest absolute Gasteiger partial charge is 0.159 e. The number of nitrogens with one attached hydrogen (secondary N) is 1. The van der Waals surface area contributed by atoms with Gasteiger partial charge in [0.25, 0.3) is 0 Å². The molecule has 0 amide bonds. The summed E-state index contributed by atoms with van der Waals surface area (Å²) in [7, 11) is 0. The van der Waals surface area contributed by atoms with Gasteiger partial charge in [0, 0.05) is 31.7 Å². The topological polar surface area (TPSA) is 35.5 Å². The number of rotatable bonds is 5. The highest BCUT2D eigenvalue weighted by molar-refractivity contribution is 5.20. The Balaban J connectivity index is 1.49. The number of benzene rings is 1. The SMILES string of the molecule is OC(CNC1CCN(C2CC2)C1)c1ccc(F)c(F)c1. The Bertz CT molecular complexity index is 479. The Morgan fingerprint density at radius 1 is 1.25 bits per heavy atom. The van der Waals surface area contributed by atoms with Gasteiger partial charge in [0.1, 0.15) is 0 Å². The highest BCUT2D eigenvalue weighted by atomic mass is 19.2. The summed E-state index contributed by atoms with van der Waals surface area (Å²) in [5.74, 6) is -1.80. The molecule has 1 aliphatic carbocycles. The molecule has 2 unspecified atom stereocenters. The van der Waals surface area contributed by atoms with Crippen LogP contribution in [0.3, 0.4) is 0 Å². The number of aliphatic hydroxyl groups excluding tert-OH is 1. The summed E-state index contributed by atoms with van der Waals surface area (Å²) in [6.07, 6.45) is 2.90. The standard InChI is InChI=1S/C15H20F2N2O/c16-13-4-1-10(7-14(13)17)15(20)8-18-11-5-6-19(9-11)12-2-3-12/h1,4,7,11-12,15,18,20H,2-3,5-6,8-9H2. The quantitative estimate of drug-likeness (QED) is 0.865. The van der Waals surface area contributed by atoms with Crippen molar-refractivity contribution in [1.29, 1.82) is 0 Å². The van der Waals surface area contributed by atoms with E-state index in [4.69, 9.17) is 0 Å². The fourth-order valence-electron chi connectivity index (χ4n) is 2.84. The summed E-state index contributed by atoms with van der Waals surface area (Å²) in [4.78, 5) is 2.49. The van der Waals surface area contributed by atoms with E-state index in [0.29, 0.717) is 18.2 Å². The van der Waals surface area contributed by atoms with Crippen LogP contribution in [0.5, 0.6) is 0 Å². The largest absolute Gasteiger partial charge is 0.387 e. The maximum Gasteiger partial charge on any atom is 0.159 e. The second-order valence-electron chi connectivity index (χ2n) is 5.81. The van der Waals surface area contributed by atoms with Crippen LogP contribution in [0.1, 0.15) is 30.9 Å². The predicted octanol–water partition coefficient (Wildman–Crippen LogP) is 1.82. The highest BCUT2D eigenvalue weighted by Gasteiger charge is 2.34. The van der Waals surface area contributed by atoms with Crippen molar-refractivity contribution < 1.29 is 13.9 Å². The van der Waals surface area contributed by atoms with Gasteiger partial charge >= 0.3 is 0 Å². The van der Waals surface area contributed by atoms with E-state index in [9.17, 15) is 13.9 Å². The molecule has 3 nitrogen and oxygen atoms in total. The summed E-state index contributed by atoms with van der Waals surface area (Å²) < 4.78 is 26.0. The van der Waals surface area contributed by atoms with Crippen LogP contribution in [0.15, 0.2) is 18.2 Å². The Labute approximate surface area is 117 Å². The van der Waals surface area contributed by atoms with Crippen molar-refractivity contribution in [3.8, 4) is 0 Å². The van der Waals surface area contributed by atoms with Gasteiger partial charge < -0.3 is 10.4 Å². The second kappa shape index (κ2) is 5.76. The number of hydrogen-bond donors (Lipinski definition) is 2. The van der Waals surface area contributed by atoms with E-state index in [1.165, 1.54) is 18.9 Å². The minimum Gasteiger partial charge on any atom is -0.387 e. The number of hydrogen-bond acceptors (Lipinski definition) is 3. The van der Waals surface area contributed by atoms with Crippen LogP contribution in [0.2, 0.25) is 0 Å². The number of likely N-dealkylation sites (tertiary alicyclic amines) is 1. The molecule has 5 heteroatoms. The van der Waals surface area contributed by atoms with Crippen LogP contribution in [0.25, 0.3) is 0 Å². The fraction of sp³-hybridized carbons (Fsp3) is 0.600. The molecule has 0 spiro atoms. The van der Waals surface area contributed by atoms with Crippen molar-refractivity contribution >= 4 is 0 Å². The van der Waals surface area contributed by atoms with Crippen molar-refractivity contribution in [3.63, 3.8) is 0 Å². The predicted molar refractivity (Wildman–Crippen MR) is 72.3 cm³/mol. The first-order valence-corrected chi connectivity index (χ1v) is 7.24. The molecule has 0 radical (unpaired) electrons. The minimum absolute atomic E-state index is 0.369. The van der Waals surface area contributed by atoms with Gasteiger partial charge in [0.05, 0.1) is 6.10 Å². The van der Waals surface area contributed by atoms with Crippen LogP contribution < -0.4 is 5.32 Å². The summed E-state index contributed by atoms with van der Waals surface area (Å²) in [5.41, 5.74) is 0.411. The van der Waals surface area contributed by atoms with Crippen LogP contribution in [-0.4, -0.2) is 41.7 Å². The average Bonchev–Trinajstić information content (AvgIpc) is 3.18. The van der Waals surface area contributed by atoms with Gasteiger partial charge in [-0.2, -0.15) is 0 Å². The van der Waals surface area contributed by atoms with Gasteiger partial charge in [-0.25, -0.2) is 8.78 Å². The van der Waals surface area contributed by atoms with E-state index < -0.39 is 17.7 Å². The summed E-state index contributed by atoms with van der Waals surface area (Å²) in [5, 5.41) is 13.3. The zero-order valence-corrected chi connectivity index (χ0v) is 11.4. The third-order valence-corrected chi connectivity index (χ3v) is 4.21. The van der Waals surface area contributed by atoms with Gasteiger partial charge in [-0.15, -0.1) is 0 Å². The maximum absolute atomic E-state index is 13.1. The van der Waals surface area contributed by atoms with Crippen molar-refractivity contribution in [3.05, 3.63) is 35.4 Å². The normalized spacial score (nSPS) is 25.1. The summed E-state index contributed by atoms with van der Waals surface area (Å²) in [6.45, 7) is 2.51. The molecule has 1 heterocycles. The van der Waals surface area contributed by atoms with Crippen molar-refractivity contribution in [2.45, 2.75) is 37.5 Å². The Morgan fingerprint density at radius 2 is 2.05 bits per heavy atom. The Hall–Kier alpha value is -1.04. The third kappa shape index (κ3) is 3.16. The molecule has 2 aliphatic rings. The molecule has 1 saturated carbocycles. The number of nitrogens with zero attached hydrogens (tertiary/aromatic N) is 1. The first-order valence-electron chi connectivity index (χ1n) is 7.24. The monoisotopic (exact) mass is 282 g/mol. The molecule has 1 aromatic carbocycles. The van der Waals surface area contributed by atoms with Gasteiger partial charge in [-0.05, 0) is 37.0 Å². The van der Waals surface area contributed by atoms with E-state index in [-0.39, 0.29) is 0 Å². The van der Waals surface area contributed by atoms with E-state index in [1.807, 2.05) is 0 Å².